The van der Waals surface area contributed by atoms with E-state index in [1.807, 2.05) is 36.0 Å². The summed E-state index contributed by atoms with van der Waals surface area (Å²) in [6, 6.07) is 7.73. The lowest BCUT2D eigenvalue weighted by Crippen LogP contribution is -2.44. The van der Waals surface area contributed by atoms with E-state index in [0.717, 1.165) is 29.7 Å². The summed E-state index contributed by atoms with van der Waals surface area (Å²) in [4.78, 5) is 12.2. The van der Waals surface area contributed by atoms with Crippen LogP contribution >= 0.6 is 11.8 Å². The molecule has 4 atom stereocenters. The van der Waals surface area contributed by atoms with E-state index in [0.29, 0.717) is 11.7 Å². The lowest BCUT2D eigenvalue weighted by Gasteiger charge is -2.20. The fourth-order valence-corrected chi connectivity index (χ4v) is 4.72. The van der Waals surface area contributed by atoms with Gasteiger partial charge < -0.3 is 15.7 Å². The van der Waals surface area contributed by atoms with Gasteiger partial charge in [0.25, 0.3) is 0 Å². The third-order valence-electron chi connectivity index (χ3n) is 4.61. The average molecular weight is 320 g/mol. The molecule has 22 heavy (non-hydrogen) atoms. The molecule has 3 rings (SSSR count). The van der Waals surface area contributed by atoms with E-state index < -0.39 is 6.10 Å². The number of thioether (sulfide) groups is 1. The van der Waals surface area contributed by atoms with Gasteiger partial charge in [0.05, 0.1) is 12.1 Å². The molecule has 0 aromatic heterocycles. The maximum atomic E-state index is 12.2. The summed E-state index contributed by atoms with van der Waals surface area (Å²) in [5, 5.41) is 16.9. The number of nitrogens with one attached hydrogen (secondary N) is 2. The van der Waals surface area contributed by atoms with E-state index in [2.05, 4.69) is 17.6 Å². The summed E-state index contributed by atoms with van der Waals surface area (Å²) in [6.45, 7) is 2.18. The Morgan fingerprint density at radius 1 is 1.32 bits per heavy atom. The molecule has 5 heteroatoms. The first-order valence-electron chi connectivity index (χ1n) is 8.12. The Hall–Kier alpha value is -1.20. The molecule has 0 bridgehead atoms. The molecule has 2 aliphatic rings. The third kappa shape index (κ3) is 3.41. The molecule has 1 aromatic rings. The van der Waals surface area contributed by atoms with Crippen molar-refractivity contribution in [1.82, 2.24) is 10.6 Å². The molecule has 1 fully saturated rings. The second-order valence-corrected chi connectivity index (χ2v) is 7.73. The molecule has 1 aromatic carbocycles. The number of fused-ring (bicyclic) bond motifs is 1. The Morgan fingerprint density at radius 3 is 2.95 bits per heavy atom. The molecule has 3 N–H and O–H groups in total. The SMILES string of the molecule is CCS[C@@H]1CC[C@@H](NC(=O)N[C@H]2c3ccccc3C[C@H]2O)C1. The van der Waals surface area contributed by atoms with Crippen LogP contribution in [0, 0.1) is 0 Å². The summed E-state index contributed by atoms with van der Waals surface area (Å²) >= 11 is 1.98. The molecule has 1 saturated carbocycles. The quantitative estimate of drug-likeness (QED) is 0.799. The van der Waals surface area contributed by atoms with Crippen molar-refractivity contribution in [3.8, 4) is 0 Å². The fourth-order valence-electron chi connectivity index (χ4n) is 3.57. The van der Waals surface area contributed by atoms with Gasteiger partial charge in [-0.25, -0.2) is 4.79 Å². The number of benzene rings is 1. The van der Waals surface area contributed by atoms with Crippen molar-refractivity contribution in [3.63, 3.8) is 0 Å². The van der Waals surface area contributed by atoms with Crippen LogP contribution in [0.15, 0.2) is 24.3 Å². The van der Waals surface area contributed by atoms with Crippen LogP contribution in [0.3, 0.4) is 0 Å². The van der Waals surface area contributed by atoms with E-state index in [4.69, 9.17) is 0 Å². The first-order valence-corrected chi connectivity index (χ1v) is 9.16. The zero-order chi connectivity index (χ0) is 15.5. The van der Waals surface area contributed by atoms with Crippen LogP contribution in [0.1, 0.15) is 43.4 Å². The van der Waals surface area contributed by atoms with Crippen molar-refractivity contribution in [2.75, 3.05) is 5.75 Å². The van der Waals surface area contributed by atoms with Gasteiger partial charge in [0, 0.05) is 17.7 Å². The fraction of sp³-hybridized carbons (Fsp3) is 0.588. The number of urea groups is 1. The highest BCUT2D eigenvalue weighted by Crippen LogP contribution is 2.32. The summed E-state index contributed by atoms with van der Waals surface area (Å²) < 4.78 is 0. The van der Waals surface area contributed by atoms with Gasteiger partial charge in [-0.05, 0) is 36.1 Å². The van der Waals surface area contributed by atoms with E-state index in [-0.39, 0.29) is 18.1 Å². The highest BCUT2D eigenvalue weighted by molar-refractivity contribution is 7.99. The topological polar surface area (TPSA) is 61.4 Å². The van der Waals surface area contributed by atoms with E-state index in [1.54, 1.807) is 0 Å². The van der Waals surface area contributed by atoms with Crippen LogP contribution in [0.2, 0.25) is 0 Å². The highest BCUT2D eigenvalue weighted by Gasteiger charge is 2.33. The molecule has 0 spiro atoms. The minimum absolute atomic E-state index is 0.159. The van der Waals surface area contributed by atoms with Crippen molar-refractivity contribution in [2.24, 2.45) is 0 Å². The van der Waals surface area contributed by atoms with Crippen LogP contribution in [0.5, 0.6) is 0 Å². The van der Waals surface area contributed by atoms with Crippen LogP contribution in [-0.2, 0) is 6.42 Å². The second kappa shape index (κ2) is 6.92. The van der Waals surface area contributed by atoms with Gasteiger partial charge in [-0.2, -0.15) is 11.8 Å². The van der Waals surface area contributed by atoms with Crippen molar-refractivity contribution in [2.45, 2.75) is 56.0 Å². The van der Waals surface area contributed by atoms with Gasteiger partial charge >= 0.3 is 6.03 Å². The zero-order valence-electron chi connectivity index (χ0n) is 12.9. The molecular formula is C17H24N2O2S. The van der Waals surface area contributed by atoms with Crippen LogP contribution in [0.25, 0.3) is 0 Å². The molecule has 2 aliphatic carbocycles. The lowest BCUT2D eigenvalue weighted by molar-refractivity contribution is 0.142. The van der Waals surface area contributed by atoms with Crippen molar-refractivity contribution < 1.29 is 9.90 Å². The minimum atomic E-state index is -0.532. The summed E-state index contributed by atoms with van der Waals surface area (Å²) in [6.07, 6.45) is 3.36. The number of hydrogen-bond donors (Lipinski definition) is 3. The zero-order valence-corrected chi connectivity index (χ0v) is 13.7. The Kier molecular flexibility index (Phi) is 4.93. The Bertz CT molecular complexity index is 537. The number of amides is 2. The van der Waals surface area contributed by atoms with Crippen LogP contribution < -0.4 is 10.6 Å². The number of aliphatic hydroxyl groups is 1. The molecule has 0 heterocycles. The van der Waals surface area contributed by atoms with Crippen molar-refractivity contribution in [3.05, 3.63) is 35.4 Å². The van der Waals surface area contributed by atoms with Crippen LogP contribution in [-0.4, -0.2) is 34.3 Å². The molecule has 0 radical (unpaired) electrons. The highest BCUT2D eigenvalue weighted by atomic mass is 32.2. The Morgan fingerprint density at radius 2 is 2.14 bits per heavy atom. The van der Waals surface area contributed by atoms with Gasteiger partial charge in [-0.3, -0.25) is 0 Å². The molecule has 0 unspecified atom stereocenters. The minimum Gasteiger partial charge on any atom is -0.390 e. The molecular weight excluding hydrogens is 296 g/mol. The van der Waals surface area contributed by atoms with Gasteiger partial charge in [0.15, 0.2) is 0 Å². The van der Waals surface area contributed by atoms with Gasteiger partial charge in [-0.15, -0.1) is 0 Å². The number of carbonyl (C=O) groups excluding carboxylic acids is 1. The molecule has 0 saturated heterocycles. The van der Waals surface area contributed by atoms with Gasteiger partial charge in [0.2, 0.25) is 0 Å². The monoisotopic (exact) mass is 320 g/mol. The number of carbonyl (C=O) groups is 1. The summed E-state index contributed by atoms with van der Waals surface area (Å²) in [5.74, 6) is 1.13. The second-order valence-electron chi connectivity index (χ2n) is 6.15. The first kappa shape index (κ1) is 15.7. The van der Waals surface area contributed by atoms with E-state index in [1.165, 1.54) is 6.42 Å². The first-order chi connectivity index (χ1) is 10.7. The predicted molar refractivity (Wildman–Crippen MR) is 90.1 cm³/mol. The standard InChI is InChI=1S/C17H24N2O2S/c1-2-22-13-8-7-12(10-13)18-17(21)19-16-14-6-4-3-5-11(14)9-15(16)20/h3-6,12-13,15-16,20H,2,7-10H2,1H3,(H2,18,19,21)/t12-,13-,15-,16+/m1/s1. The molecule has 2 amide bonds. The number of hydrogen-bond acceptors (Lipinski definition) is 3. The molecule has 4 nitrogen and oxygen atoms in total. The third-order valence-corrected chi connectivity index (χ3v) is 5.85. The lowest BCUT2D eigenvalue weighted by atomic mass is 10.1. The predicted octanol–water partition coefficient (Wildman–Crippen LogP) is 2.62. The van der Waals surface area contributed by atoms with E-state index in [9.17, 15) is 9.90 Å². The molecule has 120 valence electrons. The maximum absolute atomic E-state index is 12.2. The smallest absolute Gasteiger partial charge is 0.315 e. The average Bonchev–Trinajstić information content (AvgIpc) is 3.05. The summed E-state index contributed by atoms with van der Waals surface area (Å²) in [5.41, 5.74) is 2.16. The number of rotatable bonds is 4. The maximum Gasteiger partial charge on any atom is 0.315 e. The van der Waals surface area contributed by atoms with Crippen molar-refractivity contribution in [1.29, 1.82) is 0 Å². The normalized spacial score (nSPS) is 30.1. The van der Waals surface area contributed by atoms with Crippen molar-refractivity contribution >= 4 is 17.8 Å². The molecule has 0 aliphatic heterocycles. The largest absolute Gasteiger partial charge is 0.390 e. The summed E-state index contributed by atoms with van der Waals surface area (Å²) in [7, 11) is 0. The Labute approximate surface area is 136 Å². The van der Waals surface area contributed by atoms with Gasteiger partial charge in [0.1, 0.15) is 0 Å². The van der Waals surface area contributed by atoms with Gasteiger partial charge in [-0.1, -0.05) is 31.2 Å². The number of aliphatic hydroxyl groups excluding tert-OH is 1. The van der Waals surface area contributed by atoms with Crippen LogP contribution in [0.4, 0.5) is 4.79 Å². The van der Waals surface area contributed by atoms with E-state index >= 15 is 0 Å². The Balaban J connectivity index is 1.54.